The summed E-state index contributed by atoms with van der Waals surface area (Å²) >= 11 is 1.45. The van der Waals surface area contributed by atoms with Crippen molar-refractivity contribution in [2.45, 2.75) is 33.1 Å². The second kappa shape index (κ2) is 7.29. The summed E-state index contributed by atoms with van der Waals surface area (Å²) in [6.45, 7) is 5.52. The van der Waals surface area contributed by atoms with E-state index in [0.717, 1.165) is 28.6 Å². The number of unbranched alkanes of at least 4 members (excludes halogenated alkanes) is 1. The van der Waals surface area contributed by atoms with Crippen LogP contribution in [0.15, 0.2) is 30.3 Å². The van der Waals surface area contributed by atoms with Crippen molar-refractivity contribution in [3.05, 3.63) is 30.3 Å². The van der Waals surface area contributed by atoms with Crippen LogP contribution in [0.4, 0.5) is 10.8 Å². The fourth-order valence-electron chi connectivity index (χ4n) is 2.19. The fraction of sp³-hybridized carbons (Fsp3) is 0.438. The molecule has 20 heavy (non-hydrogen) atoms. The van der Waals surface area contributed by atoms with E-state index < -0.39 is 0 Å². The Kier molecular flexibility index (Phi) is 5.41. The number of nitrogens with one attached hydrogen (secondary N) is 1. The van der Waals surface area contributed by atoms with E-state index in [2.05, 4.69) is 35.7 Å². The Morgan fingerprint density at radius 1 is 1.20 bits per heavy atom. The number of nitrogens with two attached hydrogens (primary N) is 1. The average Bonchev–Trinajstić information content (AvgIpc) is 2.80. The molecule has 2 rings (SSSR count). The molecule has 0 aliphatic heterocycles. The van der Waals surface area contributed by atoms with E-state index in [1.54, 1.807) is 0 Å². The van der Waals surface area contributed by atoms with Gasteiger partial charge in [-0.15, -0.1) is 0 Å². The minimum atomic E-state index is 0.617. The van der Waals surface area contributed by atoms with Crippen molar-refractivity contribution >= 4 is 22.4 Å². The van der Waals surface area contributed by atoms with Crippen LogP contribution >= 0.6 is 11.5 Å². The molecule has 3 nitrogen and oxygen atoms in total. The molecular weight excluding hydrogens is 266 g/mol. The van der Waals surface area contributed by atoms with Gasteiger partial charge in [-0.25, -0.2) is 0 Å². The third-order valence-electron chi connectivity index (χ3n) is 3.27. The number of benzene rings is 1. The summed E-state index contributed by atoms with van der Waals surface area (Å²) in [4.78, 5) is 0. The Morgan fingerprint density at radius 3 is 2.65 bits per heavy atom. The van der Waals surface area contributed by atoms with Gasteiger partial charge >= 0.3 is 0 Å². The third kappa shape index (κ3) is 3.97. The minimum Gasteiger partial charge on any atom is -0.382 e. The van der Waals surface area contributed by atoms with Crippen molar-refractivity contribution in [1.29, 1.82) is 0 Å². The normalized spacial score (nSPS) is 10.9. The zero-order valence-corrected chi connectivity index (χ0v) is 13.0. The maximum Gasteiger partial charge on any atom is 0.147 e. The first kappa shape index (κ1) is 14.9. The zero-order chi connectivity index (χ0) is 14.4. The van der Waals surface area contributed by atoms with Gasteiger partial charge < -0.3 is 11.1 Å². The molecule has 0 radical (unpaired) electrons. The van der Waals surface area contributed by atoms with E-state index in [0.29, 0.717) is 5.82 Å². The largest absolute Gasteiger partial charge is 0.382 e. The van der Waals surface area contributed by atoms with Crippen molar-refractivity contribution in [3.63, 3.8) is 0 Å². The highest BCUT2D eigenvalue weighted by atomic mass is 32.1. The van der Waals surface area contributed by atoms with Gasteiger partial charge in [-0.1, -0.05) is 57.0 Å². The van der Waals surface area contributed by atoms with E-state index in [-0.39, 0.29) is 0 Å². The molecule has 0 saturated heterocycles. The number of rotatable bonds is 7. The van der Waals surface area contributed by atoms with Gasteiger partial charge in [0.05, 0.1) is 5.56 Å². The number of anilines is 2. The van der Waals surface area contributed by atoms with Crippen molar-refractivity contribution in [3.8, 4) is 11.1 Å². The van der Waals surface area contributed by atoms with Crippen LogP contribution in [-0.4, -0.2) is 10.9 Å². The van der Waals surface area contributed by atoms with Gasteiger partial charge in [0.2, 0.25) is 0 Å². The summed E-state index contributed by atoms with van der Waals surface area (Å²) in [7, 11) is 0. The smallest absolute Gasteiger partial charge is 0.147 e. The van der Waals surface area contributed by atoms with Crippen molar-refractivity contribution in [1.82, 2.24) is 4.37 Å². The molecule has 0 spiro atoms. The molecule has 108 valence electrons. The van der Waals surface area contributed by atoms with E-state index in [1.165, 1.54) is 30.8 Å². The van der Waals surface area contributed by atoms with Gasteiger partial charge in [0.1, 0.15) is 10.8 Å². The molecule has 0 atom stereocenters. The lowest BCUT2D eigenvalue weighted by Gasteiger charge is -2.08. The van der Waals surface area contributed by atoms with Crippen molar-refractivity contribution < 1.29 is 0 Å². The summed E-state index contributed by atoms with van der Waals surface area (Å²) in [5.41, 5.74) is 8.17. The molecule has 0 saturated carbocycles. The molecule has 4 heteroatoms. The number of aromatic nitrogens is 1. The van der Waals surface area contributed by atoms with Crippen LogP contribution in [0.2, 0.25) is 0 Å². The summed E-state index contributed by atoms with van der Waals surface area (Å²) in [5, 5.41) is 4.56. The maximum absolute atomic E-state index is 6.00. The van der Waals surface area contributed by atoms with E-state index in [9.17, 15) is 0 Å². The average molecular weight is 289 g/mol. The number of nitrogens with zero attached hydrogens (tertiary/aromatic N) is 1. The van der Waals surface area contributed by atoms with Crippen LogP contribution in [0.25, 0.3) is 11.1 Å². The Labute approximate surface area is 125 Å². The molecule has 2 aromatic rings. The van der Waals surface area contributed by atoms with Crippen LogP contribution < -0.4 is 11.1 Å². The second-order valence-electron chi connectivity index (χ2n) is 5.45. The van der Waals surface area contributed by atoms with Crippen LogP contribution in [-0.2, 0) is 0 Å². The van der Waals surface area contributed by atoms with Crippen LogP contribution in [0.1, 0.15) is 33.1 Å². The highest BCUT2D eigenvalue weighted by Crippen LogP contribution is 2.36. The molecule has 0 aliphatic rings. The Balaban J connectivity index is 1.96. The van der Waals surface area contributed by atoms with Gasteiger partial charge in [0.25, 0.3) is 0 Å². The SMILES string of the molecule is CC(C)CCCCNc1snc(N)c1-c1ccccc1. The van der Waals surface area contributed by atoms with Crippen LogP contribution in [0.3, 0.4) is 0 Å². The van der Waals surface area contributed by atoms with Crippen LogP contribution in [0.5, 0.6) is 0 Å². The summed E-state index contributed by atoms with van der Waals surface area (Å²) in [6.07, 6.45) is 3.74. The molecule has 1 heterocycles. The summed E-state index contributed by atoms with van der Waals surface area (Å²) in [6, 6.07) is 10.2. The second-order valence-corrected chi connectivity index (χ2v) is 6.23. The Bertz CT molecular complexity index is 520. The fourth-order valence-corrected chi connectivity index (χ4v) is 2.95. The molecule has 0 amide bonds. The third-order valence-corrected chi connectivity index (χ3v) is 4.09. The molecule has 0 fully saturated rings. The molecule has 0 bridgehead atoms. The highest BCUT2D eigenvalue weighted by Gasteiger charge is 2.12. The lowest BCUT2D eigenvalue weighted by atomic mass is 10.1. The van der Waals surface area contributed by atoms with Crippen molar-refractivity contribution in [2.75, 3.05) is 17.6 Å². The van der Waals surface area contributed by atoms with Crippen molar-refractivity contribution in [2.24, 2.45) is 5.92 Å². The standard InChI is InChI=1S/C16H23N3S/c1-12(2)8-6-7-11-18-16-14(15(17)19-20-16)13-9-4-3-5-10-13/h3-5,9-10,12,18H,6-8,11H2,1-2H3,(H2,17,19). The monoisotopic (exact) mass is 289 g/mol. The summed E-state index contributed by atoms with van der Waals surface area (Å²) in [5.74, 6) is 1.40. The number of hydrogen-bond donors (Lipinski definition) is 2. The first-order valence-electron chi connectivity index (χ1n) is 7.23. The Hall–Kier alpha value is -1.55. The van der Waals surface area contributed by atoms with E-state index in [1.807, 2.05) is 18.2 Å². The van der Waals surface area contributed by atoms with Gasteiger partial charge in [0.15, 0.2) is 0 Å². The topological polar surface area (TPSA) is 50.9 Å². The molecule has 0 aliphatic carbocycles. The highest BCUT2D eigenvalue weighted by molar-refractivity contribution is 7.11. The van der Waals surface area contributed by atoms with E-state index in [4.69, 9.17) is 5.73 Å². The van der Waals surface area contributed by atoms with Crippen LogP contribution in [0, 0.1) is 5.92 Å². The van der Waals surface area contributed by atoms with Gasteiger partial charge in [-0.05, 0) is 29.4 Å². The van der Waals surface area contributed by atoms with Gasteiger partial charge in [0, 0.05) is 6.54 Å². The maximum atomic E-state index is 6.00. The quantitative estimate of drug-likeness (QED) is 0.731. The molecule has 1 aromatic carbocycles. The van der Waals surface area contributed by atoms with Gasteiger partial charge in [-0.3, -0.25) is 0 Å². The first-order chi connectivity index (χ1) is 9.68. The summed E-state index contributed by atoms with van der Waals surface area (Å²) < 4.78 is 4.28. The first-order valence-corrected chi connectivity index (χ1v) is 8.00. The van der Waals surface area contributed by atoms with Gasteiger partial charge in [-0.2, -0.15) is 4.37 Å². The minimum absolute atomic E-state index is 0.617. The number of nitrogen functional groups attached to an aromatic ring is 1. The molecule has 3 N–H and O–H groups in total. The molecule has 0 unspecified atom stereocenters. The predicted octanol–water partition coefficient (Wildman–Crippen LogP) is 4.63. The zero-order valence-electron chi connectivity index (χ0n) is 12.2. The lowest BCUT2D eigenvalue weighted by Crippen LogP contribution is -2.02. The molecular formula is C16H23N3S. The lowest BCUT2D eigenvalue weighted by molar-refractivity contribution is 0.545. The Morgan fingerprint density at radius 2 is 1.95 bits per heavy atom. The predicted molar refractivity (Wildman–Crippen MR) is 89.1 cm³/mol. The van der Waals surface area contributed by atoms with E-state index >= 15 is 0 Å². The number of hydrogen-bond acceptors (Lipinski definition) is 4. The molecule has 1 aromatic heterocycles.